The Morgan fingerprint density at radius 2 is 2.40 bits per heavy atom. The molecule has 3 heteroatoms. The topological polar surface area (TPSA) is 29.5 Å². The Morgan fingerprint density at radius 1 is 1.60 bits per heavy atom. The first-order valence-electron chi connectivity index (χ1n) is 5.34. The van der Waals surface area contributed by atoms with Crippen molar-refractivity contribution in [3.63, 3.8) is 0 Å². The molecule has 15 heavy (non-hydrogen) atoms. The highest BCUT2D eigenvalue weighted by molar-refractivity contribution is 5.35. The maximum atomic E-state index is 12.9. The van der Waals surface area contributed by atoms with Crippen molar-refractivity contribution < 1.29 is 14.2 Å². The largest absolute Gasteiger partial charge is 0.487 e. The average molecular weight is 210 g/mol. The van der Waals surface area contributed by atoms with Gasteiger partial charge in [-0.2, -0.15) is 0 Å². The fourth-order valence-corrected chi connectivity index (χ4v) is 1.91. The van der Waals surface area contributed by atoms with E-state index < -0.39 is 6.10 Å². The molecule has 0 aliphatic carbocycles. The van der Waals surface area contributed by atoms with Gasteiger partial charge in [0.1, 0.15) is 17.7 Å². The van der Waals surface area contributed by atoms with E-state index in [2.05, 4.69) is 0 Å². The lowest BCUT2D eigenvalue weighted by molar-refractivity contribution is 0.0219. The van der Waals surface area contributed by atoms with E-state index in [0.717, 1.165) is 18.4 Å². The van der Waals surface area contributed by atoms with Gasteiger partial charge in [-0.15, -0.1) is 0 Å². The molecule has 1 aliphatic rings. The van der Waals surface area contributed by atoms with Crippen molar-refractivity contribution in [2.45, 2.75) is 38.4 Å². The van der Waals surface area contributed by atoms with Gasteiger partial charge in [-0.3, -0.25) is 0 Å². The van der Waals surface area contributed by atoms with Gasteiger partial charge in [-0.25, -0.2) is 4.39 Å². The van der Waals surface area contributed by atoms with E-state index in [9.17, 15) is 9.50 Å². The average Bonchev–Trinajstić information content (AvgIpc) is 2.27. The molecular formula is C12H15FO2. The zero-order valence-electron chi connectivity index (χ0n) is 8.74. The van der Waals surface area contributed by atoms with Crippen LogP contribution in [-0.4, -0.2) is 17.3 Å². The molecule has 0 aromatic heterocycles. The quantitative estimate of drug-likeness (QED) is 0.811. The Bertz CT molecular complexity index is 351. The van der Waals surface area contributed by atoms with Crippen LogP contribution in [0.15, 0.2) is 18.2 Å². The summed E-state index contributed by atoms with van der Waals surface area (Å²) in [7, 11) is 0. The number of benzene rings is 1. The number of rotatable bonds is 2. The highest BCUT2D eigenvalue weighted by atomic mass is 19.1. The number of hydrogen-bond acceptors (Lipinski definition) is 2. The second-order valence-electron chi connectivity index (χ2n) is 3.92. The molecule has 1 aliphatic heterocycles. The summed E-state index contributed by atoms with van der Waals surface area (Å²) in [6.07, 6.45) is 1.64. The third-order valence-electron chi connectivity index (χ3n) is 2.85. The highest BCUT2D eigenvalue weighted by Crippen LogP contribution is 2.29. The predicted octanol–water partition coefficient (Wildman–Crippen LogP) is 2.29. The van der Waals surface area contributed by atoms with Crippen LogP contribution in [0.25, 0.3) is 0 Å². The van der Waals surface area contributed by atoms with Crippen molar-refractivity contribution in [2.24, 2.45) is 0 Å². The number of aryl methyl sites for hydroxylation is 1. The minimum absolute atomic E-state index is 0.145. The van der Waals surface area contributed by atoms with Gasteiger partial charge in [0, 0.05) is 0 Å². The van der Waals surface area contributed by atoms with E-state index in [4.69, 9.17) is 4.74 Å². The molecule has 0 saturated carbocycles. The lowest BCUT2D eigenvalue weighted by Crippen LogP contribution is -2.34. The van der Waals surface area contributed by atoms with Crippen LogP contribution >= 0.6 is 0 Å². The molecule has 0 amide bonds. The van der Waals surface area contributed by atoms with Crippen LogP contribution < -0.4 is 4.74 Å². The minimum atomic E-state index is -0.428. The summed E-state index contributed by atoms with van der Waals surface area (Å²) in [5, 5.41) is 9.66. The molecule has 1 unspecified atom stereocenters. The van der Waals surface area contributed by atoms with Crippen LogP contribution in [0.5, 0.6) is 5.75 Å². The Morgan fingerprint density at radius 3 is 3.13 bits per heavy atom. The molecule has 2 atom stereocenters. The third-order valence-corrected chi connectivity index (χ3v) is 2.85. The van der Waals surface area contributed by atoms with Crippen molar-refractivity contribution in [1.82, 2.24) is 0 Å². The lowest BCUT2D eigenvalue weighted by Gasteiger charge is -2.29. The molecule has 2 rings (SSSR count). The first kappa shape index (κ1) is 10.4. The number of fused-ring (bicyclic) bond motifs is 1. The number of hydrogen-bond donors (Lipinski definition) is 1. The van der Waals surface area contributed by atoms with Gasteiger partial charge < -0.3 is 9.84 Å². The fraction of sp³-hybridized carbons (Fsp3) is 0.500. The zero-order chi connectivity index (χ0) is 10.8. The summed E-state index contributed by atoms with van der Waals surface area (Å²) in [5.74, 6) is 0.479. The van der Waals surface area contributed by atoms with E-state index in [1.165, 1.54) is 12.1 Å². The highest BCUT2D eigenvalue weighted by Gasteiger charge is 2.25. The van der Waals surface area contributed by atoms with E-state index in [0.29, 0.717) is 12.2 Å². The van der Waals surface area contributed by atoms with Gasteiger partial charge in [0.2, 0.25) is 0 Å². The number of ether oxygens (including phenoxy) is 1. The molecule has 1 aromatic rings. The molecule has 1 heterocycles. The van der Waals surface area contributed by atoms with Crippen molar-refractivity contribution in [2.75, 3.05) is 0 Å². The van der Waals surface area contributed by atoms with Gasteiger partial charge in [0.25, 0.3) is 0 Å². The first-order chi connectivity index (χ1) is 7.20. The van der Waals surface area contributed by atoms with E-state index in [1.807, 2.05) is 6.92 Å². The van der Waals surface area contributed by atoms with Crippen molar-refractivity contribution >= 4 is 0 Å². The Kier molecular flexibility index (Phi) is 2.91. The van der Waals surface area contributed by atoms with Crippen LogP contribution in [0, 0.1) is 5.82 Å². The Labute approximate surface area is 88.7 Å². The van der Waals surface area contributed by atoms with Gasteiger partial charge in [0.15, 0.2) is 0 Å². The van der Waals surface area contributed by atoms with E-state index >= 15 is 0 Å². The van der Waals surface area contributed by atoms with Gasteiger partial charge >= 0.3 is 0 Å². The van der Waals surface area contributed by atoms with E-state index in [-0.39, 0.29) is 11.9 Å². The Balaban J connectivity index is 2.16. The van der Waals surface area contributed by atoms with Crippen molar-refractivity contribution in [3.8, 4) is 5.75 Å². The summed E-state index contributed by atoms with van der Waals surface area (Å²) < 4.78 is 18.5. The molecule has 0 spiro atoms. The van der Waals surface area contributed by atoms with Gasteiger partial charge in [-0.1, -0.05) is 6.92 Å². The molecular weight excluding hydrogens is 195 g/mol. The zero-order valence-corrected chi connectivity index (χ0v) is 8.74. The Hall–Kier alpha value is -1.09. The standard InChI is InChI=1S/C12H15FO2/c1-2-10(14)12-5-3-8-7-9(13)4-6-11(8)15-12/h4,6-7,10,12,14H,2-3,5H2,1H3/t10?,12-/m1/s1. The predicted molar refractivity (Wildman–Crippen MR) is 55.4 cm³/mol. The maximum absolute atomic E-state index is 12.9. The van der Waals surface area contributed by atoms with Crippen LogP contribution in [0.1, 0.15) is 25.3 Å². The summed E-state index contributed by atoms with van der Waals surface area (Å²) in [6.45, 7) is 1.92. The maximum Gasteiger partial charge on any atom is 0.125 e. The summed E-state index contributed by atoms with van der Waals surface area (Å²) in [4.78, 5) is 0. The summed E-state index contributed by atoms with van der Waals surface area (Å²) in [5.41, 5.74) is 0.898. The molecule has 0 fully saturated rings. The molecule has 1 aromatic carbocycles. The van der Waals surface area contributed by atoms with Gasteiger partial charge in [0.05, 0.1) is 6.10 Å². The fourth-order valence-electron chi connectivity index (χ4n) is 1.91. The number of aliphatic hydroxyl groups is 1. The molecule has 1 N–H and O–H groups in total. The first-order valence-corrected chi connectivity index (χ1v) is 5.34. The minimum Gasteiger partial charge on any atom is -0.487 e. The normalized spacial score (nSPS) is 21.7. The molecule has 0 bridgehead atoms. The molecule has 0 radical (unpaired) electrons. The summed E-state index contributed by atoms with van der Waals surface area (Å²) >= 11 is 0. The van der Waals surface area contributed by atoms with Crippen molar-refractivity contribution in [1.29, 1.82) is 0 Å². The van der Waals surface area contributed by atoms with E-state index in [1.54, 1.807) is 6.07 Å². The van der Waals surface area contributed by atoms with Crippen LogP contribution in [0.3, 0.4) is 0 Å². The monoisotopic (exact) mass is 210 g/mol. The van der Waals surface area contributed by atoms with Crippen molar-refractivity contribution in [3.05, 3.63) is 29.6 Å². The number of halogens is 1. The second kappa shape index (κ2) is 4.19. The van der Waals surface area contributed by atoms with Crippen LogP contribution in [0.2, 0.25) is 0 Å². The smallest absolute Gasteiger partial charge is 0.125 e. The molecule has 0 saturated heterocycles. The molecule has 2 nitrogen and oxygen atoms in total. The van der Waals surface area contributed by atoms with Crippen LogP contribution in [0.4, 0.5) is 4.39 Å². The third kappa shape index (κ3) is 2.12. The summed E-state index contributed by atoms with van der Waals surface area (Å²) in [6, 6.07) is 4.53. The van der Waals surface area contributed by atoms with Crippen LogP contribution in [-0.2, 0) is 6.42 Å². The van der Waals surface area contributed by atoms with Gasteiger partial charge in [-0.05, 0) is 43.0 Å². The molecule has 82 valence electrons. The number of aliphatic hydroxyl groups excluding tert-OH is 1. The lowest BCUT2D eigenvalue weighted by atomic mass is 9.98. The second-order valence-corrected chi connectivity index (χ2v) is 3.92. The SMILES string of the molecule is CCC(O)[C@H]1CCc2cc(F)ccc2O1.